The average Bonchev–Trinajstić information content (AvgIpc) is 3.26. The van der Waals surface area contributed by atoms with Crippen LogP contribution in [-0.4, -0.2) is 62.7 Å². The second-order valence-electron chi connectivity index (χ2n) is 6.20. The molecule has 24 heavy (non-hydrogen) atoms. The first-order valence-corrected chi connectivity index (χ1v) is 8.67. The van der Waals surface area contributed by atoms with E-state index in [4.69, 9.17) is 4.42 Å². The zero-order valence-corrected chi connectivity index (χ0v) is 14.3. The molecule has 7 heteroatoms. The highest BCUT2D eigenvalue weighted by atomic mass is 16.3. The maximum Gasteiger partial charge on any atom is 0.168 e. The molecule has 2 aromatic heterocycles. The number of piperazine rings is 1. The van der Waals surface area contributed by atoms with Crippen molar-refractivity contribution in [2.24, 2.45) is 0 Å². The summed E-state index contributed by atoms with van der Waals surface area (Å²) < 4.78 is 7.31. The van der Waals surface area contributed by atoms with Gasteiger partial charge in [-0.05, 0) is 29.0 Å². The quantitative estimate of drug-likeness (QED) is 0.690. The fourth-order valence-electron chi connectivity index (χ4n) is 3.30. The lowest BCUT2D eigenvalue weighted by Gasteiger charge is -2.38. The second-order valence-corrected chi connectivity index (χ2v) is 6.20. The number of furan rings is 1. The molecular formula is C17H26N6O. The fourth-order valence-corrected chi connectivity index (χ4v) is 3.30. The van der Waals surface area contributed by atoms with Crippen molar-refractivity contribution in [3.8, 4) is 0 Å². The lowest BCUT2D eigenvalue weighted by atomic mass is 10.1. The Bertz CT molecular complexity index is 615. The van der Waals surface area contributed by atoms with E-state index in [9.17, 15) is 0 Å². The summed E-state index contributed by atoms with van der Waals surface area (Å²) in [6.07, 6.45) is 5.82. The molecule has 2 aromatic rings. The van der Waals surface area contributed by atoms with Crippen LogP contribution < -0.4 is 0 Å². The van der Waals surface area contributed by atoms with Crippen LogP contribution in [0.5, 0.6) is 0 Å². The van der Waals surface area contributed by atoms with Crippen molar-refractivity contribution < 1.29 is 4.42 Å². The van der Waals surface area contributed by atoms with Crippen molar-refractivity contribution in [1.82, 2.24) is 30.0 Å². The minimum atomic E-state index is 0.255. The van der Waals surface area contributed by atoms with E-state index in [1.807, 2.05) is 22.9 Å². The second kappa shape index (κ2) is 8.21. The van der Waals surface area contributed by atoms with Crippen LogP contribution in [-0.2, 0) is 6.54 Å². The van der Waals surface area contributed by atoms with E-state index in [2.05, 4.69) is 38.8 Å². The summed E-state index contributed by atoms with van der Waals surface area (Å²) in [6.45, 7) is 11.8. The summed E-state index contributed by atoms with van der Waals surface area (Å²) in [7, 11) is 0. The normalized spacial score (nSPS) is 17.9. The number of hydrogen-bond acceptors (Lipinski definition) is 6. The summed E-state index contributed by atoms with van der Waals surface area (Å²) in [5, 5.41) is 12.4. The van der Waals surface area contributed by atoms with E-state index in [1.54, 1.807) is 6.26 Å². The first-order chi connectivity index (χ1) is 11.8. The van der Waals surface area contributed by atoms with Crippen molar-refractivity contribution in [3.63, 3.8) is 0 Å². The number of tetrazole rings is 1. The third-order valence-corrected chi connectivity index (χ3v) is 4.54. The van der Waals surface area contributed by atoms with Crippen LogP contribution in [0.1, 0.15) is 37.4 Å². The molecule has 0 N–H and O–H groups in total. The van der Waals surface area contributed by atoms with Crippen molar-refractivity contribution in [3.05, 3.63) is 42.6 Å². The summed E-state index contributed by atoms with van der Waals surface area (Å²) >= 11 is 0. The van der Waals surface area contributed by atoms with Gasteiger partial charge in [0.15, 0.2) is 5.82 Å². The molecule has 3 rings (SSSR count). The highest BCUT2D eigenvalue weighted by Gasteiger charge is 2.28. The van der Waals surface area contributed by atoms with Gasteiger partial charge in [0.05, 0.1) is 12.3 Å². The molecule has 0 aromatic carbocycles. The van der Waals surface area contributed by atoms with Crippen LogP contribution in [0.3, 0.4) is 0 Å². The van der Waals surface area contributed by atoms with Gasteiger partial charge in [-0.2, -0.15) is 0 Å². The summed E-state index contributed by atoms with van der Waals surface area (Å²) in [5.41, 5.74) is 0. The third kappa shape index (κ3) is 3.91. The highest BCUT2D eigenvalue weighted by molar-refractivity contribution is 5.02. The average molecular weight is 330 g/mol. The molecule has 130 valence electrons. The van der Waals surface area contributed by atoms with Crippen LogP contribution in [0.15, 0.2) is 35.5 Å². The van der Waals surface area contributed by atoms with E-state index in [1.165, 1.54) is 0 Å². The molecule has 0 amide bonds. The van der Waals surface area contributed by atoms with Gasteiger partial charge in [0.1, 0.15) is 12.3 Å². The van der Waals surface area contributed by atoms with E-state index < -0.39 is 0 Å². The third-order valence-electron chi connectivity index (χ3n) is 4.54. The van der Waals surface area contributed by atoms with E-state index >= 15 is 0 Å². The Morgan fingerprint density at radius 1 is 1.33 bits per heavy atom. The highest BCUT2D eigenvalue weighted by Crippen LogP contribution is 2.25. The van der Waals surface area contributed by atoms with Gasteiger partial charge in [0.25, 0.3) is 0 Å². The van der Waals surface area contributed by atoms with Gasteiger partial charge in [0, 0.05) is 32.7 Å². The molecule has 0 spiro atoms. The molecule has 0 saturated carbocycles. The van der Waals surface area contributed by atoms with Crippen LogP contribution in [0.4, 0.5) is 0 Å². The number of hydrogen-bond donors (Lipinski definition) is 0. The van der Waals surface area contributed by atoms with Crippen LogP contribution in [0.25, 0.3) is 0 Å². The molecule has 1 atom stereocenters. The smallest absolute Gasteiger partial charge is 0.168 e. The Labute approximate surface area is 142 Å². The van der Waals surface area contributed by atoms with E-state index in [0.29, 0.717) is 6.54 Å². The predicted molar refractivity (Wildman–Crippen MR) is 91.5 cm³/mol. The van der Waals surface area contributed by atoms with Crippen molar-refractivity contribution >= 4 is 0 Å². The summed E-state index contributed by atoms with van der Waals surface area (Å²) in [5.74, 6) is 1.81. The molecule has 1 fully saturated rings. The largest absolute Gasteiger partial charge is 0.467 e. The van der Waals surface area contributed by atoms with Gasteiger partial charge in [-0.1, -0.05) is 19.4 Å². The fraction of sp³-hybridized carbons (Fsp3) is 0.588. The lowest BCUT2D eigenvalue weighted by molar-refractivity contribution is 0.0921. The molecule has 1 aliphatic heterocycles. The van der Waals surface area contributed by atoms with Gasteiger partial charge in [-0.15, -0.1) is 11.7 Å². The zero-order valence-electron chi connectivity index (χ0n) is 14.3. The molecule has 7 nitrogen and oxygen atoms in total. The first-order valence-electron chi connectivity index (χ1n) is 8.67. The standard InChI is InChI=1S/C17H26N6O/c1-3-6-16(22-11-9-21(8-4-2)10-12-22)17-18-19-20-23(17)14-15-7-5-13-24-15/h4-5,7,13,16H,2-3,6,8-12,14H2,1H3/t16-/m1/s1. The Kier molecular flexibility index (Phi) is 5.77. The van der Waals surface area contributed by atoms with Crippen molar-refractivity contribution in [2.45, 2.75) is 32.4 Å². The molecule has 0 bridgehead atoms. The Balaban J connectivity index is 1.72. The number of nitrogens with zero attached hydrogens (tertiary/aromatic N) is 6. The van der Waals surface area contributed by atoms with Gasteiger partial charge in [-0.25, -0.2) is 4.68 Å². The summed E-state index contributed by atoms with van der Waals surface area (Å²) in [4.78, 5) is 4.94. The monoisotopic (exact) mass is 330 g/mol. The molecule has 3 heterocycles. The Hall–Kier alpha value is -1.99. The molecule has 1 aliphatic rings. The molecule has 0 radical (unpaired) electrons. The minimum absolute atomic E-state index is 0.255. The van der Waals surface area contributed by atoms with Crippen molar-refractivity contribution in [2.75, 3.05) is 32.7 Å². The maximum absolute atomic E-state index is 5.44. The zero-order chi connectivity index (χ0) is 16.8. The lowest BCUT2D eigenvalue weighted by Crippen LogP contribution is -2.48. The number of aromatic nitrogens is 4. The van der Waals surface area contributed by atoms with Gasteiger partial charge < -0.3 is 4.42 Å². The SMILES string of the molecule is C=CCN1CCN([C@H](CCC)c2nnnn2Cc2ccco2)CC1. The van der Waals surface area contributed by atoms with Gasteiger partial charge >= 0.3 is 0 Å². The maximum atomic E-state index is 5.44. The van der Waals surface area contributed by atoms with E-state index in [-0.39, 0.29) is 6.04 Å². The van der Waals surface area contributed by atoms with Crippen molar-refractivity contribution in [1.29, 1.82) is 0 Å². The number of rotatable bonds is 8. The van der Waals surface area contributed by atoms with Crippen LogP contribution in [0, 0.1) is 0 Å². The van der Waals surface area contributed by atoms with Gasteiger partial charge in [0.2, 0.25) is 0 Å². The molecule has 1 saturated heterocycles. The Morgan fingerprint density at radius 2 is 2.17 bits per heavy atom. The van der Waals surface area contributed by atoms with Crippen LogP contribution in [0.2, 0.25) is 0 Å². The van der Waals surface area contributed by atoms with E-state index in [0.717, 1.165) is 57.2 Å². The molecule has 0 unspecified atom stereocenters. The first kappa shape index (κ1) is 16.9. The van der Waals surface area contributed by atoms with Crippen LogP contribution >= 0.6 is 0 Å². The topological polar surface area (TPSA) is 63.2 Å². The molecular weight excluding hydrogens is 304 g/mol. The molecule has 0 aliphatic carbocycles. The predicted octanol–water partition coefficient (Wildman–Crippen LogP) is 1.96. The Morgan fingerprint density at radius 3 is 2.83 bits per heavy atom. The minimum Gasteiger partial charge on any atom is -0.467 e. The summed E-state index contributed by atoms with van der Waals surface area (Å²) in [6, 6.07) is 4.10. The van der Waals surface area contributed by atoms with Gasteiger partial charge in [-0.3, -0.25) is 9.80 Å².